The van der Waals surface area contributed by atoms with Gasteiger partial charge < -0.3 is 4.74 Å². The van der Waals surface area contributed by atoms with E-state index in [0.717, 1.165) is 44.5 Å². The van der Waals surface area contributed by atoms with Gasteiger partial charge in [0.05, 0.1) is 11.6 Å². The molecule has 1 aliphatic heterocycles. The molecule has 0 saturated carbocycles. The molecular formula is C20H20N2O2. The predicted octanol–water partition coefficient (Wildman–Crippen LogP) is 3.41. The number of nitriles is 1. The van der Waals surface area contributed by atoms with Gasteiger partial charge in [-0.25, -0.2) is 0 Å². The fraction of sp³-hybridized carbons (Fsp3) is 0.300. The summed E-state index contributed by atoms with van der Waals surface area (Å²) in [6.07, 6.45) is 3.05. The first-order chi connectivity index (χ1) is 11.8. The van der Waals surface area contributed by atoms with Crippen LogP contribution in [0, 0.1) is 11.3 Å². The van der Waals surface area contributed by atoms with Crippen molar-refractivity contribution in [2.75, 3.05) is 13.1 Å². The third kappa shape index (κ3) is 4.21. The lowest BCUT2D eigenvalue weighted by Gasteiger charge is -2.32. The van der Waals surface area contributed by atoms with Gasteiger partial charge in [0.25, 0.3) is 0 Å². The quantitative estimate of drug-likeness (QED) is 0.792. The van der Waals surface area contributed by atoms with Crippen molar-refractivity contribution in [1.82, 2.24) is 4.90 Å². The average Bonchev–Trinajstić information content (AvgIpc) is 2.65. The minimum Gasteiger partial charge on any atom is -0.490 e. The van der Waals surface area contributed by atoms with Crippen LogP contribution in [-0.2, 0) is 6.54 Å². The Balaban J connectivity index is 1.48. The van der Waals surface area contributed by atoms with Crippen LogP contribution in [0.4, 0.5) is 0 Å². The second-order valence-electron chi connectivity index (χ2n) is 6.09. The molecule has 4 nitrogen and oxygen atoms in total. The van der Waals surface area contributed by atoms with Crippen LogP contribution in [0.5, 0.6) is 5.75 Å². The smallest absolute Gasteiger partial charge is 0.150 e. The van der Waals surface area contributed by atoms with E-state index in [4.69, 9.17) is 10.00 Å². The lowest BCUT2D eigenvalue weighted by Crippen LogP contribution is -2.37. The number of piperidine rings is 1. The molecule has 0 aromatic heterocycles. The van der Waals surface area contributed by atoms with Crippen LogP contribution in [0.25, 0.3) is 0 Å². The van der Waals surface area contributed by atoms with Gasteiger partial charge in [-0.15, -0.1) is 0 Å². The summed E-state index contributed by atoms with van der Waals surface area (Å²) in [5.74, 6) is 0.825. The third-order valence-electron chi connectivity index (χ3n) is 4.34. The van der Waals surface area contributed by atoms with E-state index < -0.39 is 0 Å². The fourth-order valence-electron chi connectivity index (χ4n) is 2.95. The molecule has 0 N–H and O–H groups in total. The number of likely N-dealkylation sites (tertiary alicyclic amines) is 1. The normalized spacial score (nSPS) is 15.6. The molecule has 0 unspecified atom stereocenters. The maximum Gasteiger partial charge on any atom is 0.150 e. The fourth-order valence-corrected chi connectivity index (χ4v) is 2.95. The molecule has 1 heterocycles. The van der Waals surface area contributed by atoms with Gasteiger partial charge in [-0.3, -0.25) is 9.69 Å². The van der Waals surface area contributed by atoms with Gasteiger partial charge in [0.2, 0.25) is 0 Å². The van der Waals surface area contributed by atoms with Crippen LogP contribution in [0.3, 0.4) is 0 Å². The summed E-state index contributed by atoms with van der Waals surface area (Å²) in [7, 11) is 0. The Hall–Kier alpha value is -2.64. The van der Waals surface area contributed by atoms with Crippen molar-refractivity contribution in [3.63, 3.8) is 0 Å². The largest absolute Gasteiger partial charge is 0.490 e. The molecule has 0 bridgehead atoms. The predicted molar refractivity (Wildman–Crippen MR) is 91.9 cm³/mol. The lowest BCUT2D eigenvalue weighted by molar-refractivity contribution is 0.0968. The van der Waals surface area contributed by atoms with Gasteiger partial charge in [0.1, 0.15) is 18.1 Å². The molecule has 0 atom stereocenters. The van der Waals surface area contributed by atoms with Crippen molar-refractivity contribution in [1.29, 1.82) is 5.26 Å². The van der Waals surface area contributed by atoms with Gasteiger partial charge >= 0.3 is 0 Å². The molecule has 24 heavy (non-hydrogen) atoms. The van der Waals surface area contributed by atoms with E-state index in [1.54, 1.807) is 12.1 Å². The number of benzene rings is 2. The average molecular weight is 320 g/mol. The van der Waals surface area contributed by atoms with Gasteiger partial charge in [-0.2, -0.15) is 5.26 Å². The van der Waals surface area contributed by atoms with Crippen molar-refractivity contribution in [2.45, 2.75) is 25.5 Å². The van der Waals surface area contributed by atoms with Crippen LogP contribution >= 0.6 is 0 Å². The molecule has 3 rings (SSSR count). The molecule has 0 aliphatic carbocycles. The monoisotopic (exact) mass is 320 g/mol. The number of carbonyl (C=O) groups excluding carboxylic acids is 1. The zero-order valence-corrected chi connectivity index (χ0v) is 13.5. The highest BCUT2D eigenvalue weighted by Gasteiger charge is 2.20. The summed E-state index contributed by atoms with van der Waals surface area (Å²) in [5, 5.41) is 8.84. The summed E-state index contributed by atoms with van der Waals surface area (Å²) in [6, 6.07) is 17.2. The molecule has 1 aliphatic rings. The number of hydrogen-bond acceptors (Lipinski definition) is 4. The van der Waals surface area contributed by atoms with E-state index >= 15 is 0 Å². The van der Waals surface area contributed by atoms with Crippen LogP contribution < -0.4 is 4.74 Å². The van der Waals surface area contributed by atoms with Gasteiger partial charge in [-0.1, -0.05) is 12.1 Å². The Morgan fingerprint density at radius 1 is 1.08 bits per heavy atom. The second-order valence-corrected chi connectivity index (χ2v) is 6.09. The zero-order valence-electron chi connectivity index (χ0n) is 13.5. The molecule has 2 aromatic rings. The van der Waals surface area contributed by atoms with Crippen molar-refractivity contribution in [2.24, 2.45) is 0 Å². The zero-order chi connectivity index (χ0) is 16.8. The van der Waals surface area contributed by atoms with E-state index in [1.165, 1.54) is 5.56 Å². The van der Waals surface area contributed by atoms with Gasteiger partial charge in [0, 0.05) is 25.2 Å². The SMILES string of the molecule is N#Cc1ccc(CN2CCC(Oc3ccc(C=O)cc3)CC2)cc1. The minimum absolute atomic E-state index is 0.226. The topological polar surface area (TPSA) is 53.3 Å². The Morgan fingerprint density at radius 2 is 1.75 bits per heavy atom. The lowest BCUT2D eigenvalue weighted by atomic mass is 10.1. The summed E-state index contributed by atoms with van der Waals surface area (Å²) in [6.45, 7) is 2.90. The summed E-state index contributed by atoms with van der Waals surface area (Å²) >= 11 is 0. The molecule has 1 fully saturated rings. The number of nitrogens with zero attached hydrogens (tertiary/aromatic N) is 2. The van der Waals surface area contributed by atoms with Crippen molar-refractivity contribution < 1.29 is 9.53 Å². The number of ether oxygens (including phenoxy) is 1. The first-order valence-electron chi connectivity index (χ1n) is 8.20. The second kappa shape index (κ2) is 7.76. The van der Waals surface area contributed by atoms with E-state index in [2.05, 4.69) is 11.0 Å². The highest BCUT2D eigenvalue weighted by atomic mass is 16.5. The molecule has 0 spiro atoms. The molecule has 0 radical (unpaired) electrons. The Bertz CT molecular complexity index is 709. The summed E-state index contributed by atoms with van der Waals surface area (Å²) < 4.78 is 6.00. The molecule has 1 saturated heterocycles. The molecule has 0 amide bonds. The van der Waals surface area contributed by atoms with Crippen molar-refractivity contribution in [3.8, 4) is 11.8 Å². The van der Waals surface area contributed by atoms with Crippen molar-refractivity contribution in [3.05, 3.63) is 65.2 Å². The summed E-state index contributed by atoms with van der Waals surface area (Å²) in [5.41, 5.74) is 2.60. The first-order valence-corrected chi connectivity index (χ1v) is 8.20. The van der Waals surface area contributed by atoms with Crippen LogP contribution in [0.15, 0.2) is 48.5 Å². The third-order valence-corrected chi connectivity index (χ3v) is 4.34. The van der Waals surface area contributed by atoms with Crippen LogP contribution in [0.1, 0.15) is 34.3 Å². The Kier molecular flexibility index (Phi) is 5.25. The molecule has 2 aromatic carbocycles. The van der Waals surface area contributed by atoms with E-state index in [-0.39, 0.29) is 6.10 Å². The van der Waals surface area contributed by atoms with Gasteiger partial charge in [-0.05, 0) is 54.8 Å². The maximum absolute atomic E-state index is 10.7. The van der Waals surface area contributed by atoms with E-state index in [0.29, 0.717) is 11.1 Å². The van der Waals surface area contributed by atoms with Crippen LogP contribution in [-0.4, -0.2) is 30.4 Å². The molecular weight excluding hydrogens is 300 g/mol. The van der Waals surface area contributed by atoms with E-state index in [1.807, 2.05) is 36.4 Å². The minimum atomic E-state index is 0.226. The summed E-state index contributed by atoms with van der Waals surface area (Å²) in [4.78, 5) is 13.1. The number of carbonyl (C=O) groups is 1. The maximum atomic E-state index is 10.7. The highest BCUT2D eigenvalue weighted by molar-refractivity contribution is 5.74. The molecule has 122 valence electrons. The van der Waals surface area contributed by atoms with Crippen LogP contribution in [0.2, 0.25) is 0 Å². The Labute approximate surface area is 142 Å². The first kappa shape index (κ1) is 16.2. The molecule has 4 heteroatoms. The van der Waals surface area contributed by atoms with E-state index in [9.17, 15) is 4.79 Å². The number of rotatable bonds is 5. The number of hydrogen-bond donors (Lipinski definition) is 0. The Morgan fingerprint density at radius 3 is 2.33 bits per heavy atom. The van der Waals surface area contributed by atoms with Crippen molar-refractivity contribution >= 4 is 6.29 Å². The number of aldehydes is 1. The van der Waals surface area contributed by atoms with Gasteiger partial charge in [0.15, 0.2) is 0 Å². The highest BCUT2D eigenvalue weighted by Crippen LogP contribution is 2.20. The standard InChI is InChI=1S/C20H20N2O2/c21-13-16-1-3-17(4-2-16)14-22-11-9-20(10-12-22)24-19-7-5-18(15-23)6-8-19/h1-8,15,20H,9-12,14H2.